The zero-order valence-electron chi connectivity index (χ0n) is 9.50. The molecule has 0 radical (unpaired) electrons. The number of hydrogen-bond acceptors (Lipinski definition) is 4. The van der Waals surface area contributed by atoms with Gasteiger partial charge in [0.1, 0.15) is 5.75 Å². The third-order valence-corrected chi connectivity index (χ3v) is 3.06. The van der Waals surface area contributed by atoms with E-state index >= 15 is 0 Å². The summed E-state index contributed by atoms with van der Waals surface area (Å²) in [6.45, 7) is 1.73. The van der Waals surface area contributed by atoms with Gasteiger partial charge in [0.05, 0.1) is 22.9 Å². The highest BCUT2D eigenvalue weighted by atomic mass is 35.5. The Bertz CT molecular complexity index is 478. The number of benzene rings is 1. The topological polar surface area (TPSA) is 70.6 Å². The quantitative estimate of drug-likeness (QED) is 0.755. The molecule has 0 fully saturated rings. The first-order valence-corrected chi connectivity index (χ1v) is 5.51. The molecule has 0 aromatic heterocycles. The number of fused-ring (bicyclic) bond motifs is 1. The third-order valence-electron chi connectivity index (χ3n) is 2.74. The van der Waals surface area contributed by atoms with Crippen molar-refractivity contribution in [2.75, 3.05) is 24.2 Å². The summed E-state index contributed by atoms with van der Waals surface area (Å²) >= 11 is 6.02. The number of rotatable bonds is 2. The van der Waals surface area contributed by atoms with E-state index in [4.69, 9.17) is 21.4 Å². The van der Waals surface area contributed by atoms with Crippen LogP contribution in [0.5, 0.6) is 5.75 Å². The molecule has 1 heterocycles. The number of ether oxygens (including phenoxy) is 1. The van der Waals surface area contributed by atoms with Crippen molar-refractivity contribution in [2.45, 2.75) is 12.5 Å². The average Bonchev–Trinajstić information content (AvgIpc) is 2.28. The largest absolute Gasteiger partial charge is 0.478 e. The zero-order chi connectivity index (χ0) is 12.6. The summed E-state index contributed by atoms with van der Waals surface area (Å²) in [6, 6.07) is 3.40. The Kier molecular flexibility index (Phi) is 2.79. The Morgan fingerprint density at radius 1 is 1.65 bits per heavy atom. The lowest BCUT2D eigenvalue weighted by molar-refractivity contribution is -0.152. The van der Waals surface area contributed by atoms with Crippen molar-refractivity contribution in [2.24, 2.45) is 0 Å². The normalized spacial score (nSPS) is 22.1. The molecule has 2 rings (SSSR count). The Hall–Kier alpha value is -1.62. The van der Waals surface area contributed by atoms with Gasteiger partial charge < -0.3 is 20.5 Å². The number of carboxylic acid groups (broad SMARTS) is 1. The molecule has 1 aromatic carbocycles. The van der Waals surface area contributed by atoms with Crippen LogP contribution in [0.2, 0.25) is 5.02 Å². The number of anilines is 2. The maximum atomic E-state index is 11.1. The lowest BCUT2D eigenvalue weighted by atomic mass is 10.0. The number of nitrogens with one attached hydrogen (secondary N) is 2. The van der Waals surface area contributed by atoms with Crippen molar-refractivity contribution in [1.82, 2.24) is 0 Å². The molecule has 3 N–H and O–H groups in total. The van der Waals surface area contributed by atoms with E-state index in [2.05, 4.69) is 10.6 Å². The van der Waals surface area contributed by atoms with Gasteiger partial charge in [-0.05, 0) is 13.0 Å². The fraction of sp³-hybridized carbons (Fsp3) is 0.364. The molecule has 6 heteroatoms. The van der Waals surface area contributed by atoms with Gasteiger partial charge in [-0.15, -0.1) is 0 Å². The first-order chi connectivity index (χ1) is 7.96. The zero-order valence-corrected chi connectivity index (χ0v) is 10.3. The molecule has 0 amide bonds. The van der Waals surface area contributed by atoms with E-state index < -0.39 is 11.6 Å². The molecule has 92 valence electrons. The van der Waals surface area contributed by atoms with Crippen LogP contribution in [0.1, 0.15) is 6.92 Å². The number of hydrogen-bond donors (Lipinski definition) is 3. The van der Waals surface area contributed by atoms with E-state index in [-0.39, 0.29) is 6.54 Å². The molecule has 1 aliphatic heterocycles. The molecule has 5 nitrogen and oxygen atoms in total. The van der Waals surface area contributed by atoms with Gasteiger partial charge in [0.2, 0.25) is 5.60 Å². The highest BCUT2D eigenvalue weighted by Crippen LogP contribution is 2.39. The molecule has 1 atom stereocenters. The van der Waals surface area contributed by atoms with Gasteiger partial charge in [-0.2, -0.15) is 0 Å². The molecule has 0 spiro atoms. The molecular formula is C11H13ClN2O3. The van der Waals surface area contributed by atoms with E-state index in [1.807, 2.05) is 0 Å². The molecule has 0 saturated carbocycles. The van der Waals surface area contributed by atoms with Gasteiger partial charge in [0.25, 0.3) is 0 Å². The molecule has 17 heavy (non-hydrogen) atoms. The summed E-state index contributed by atoms with van der Waals surface area (Å²) in [7, 11) is 1.74. The molecular weight excluding hydrogens is 244 g/mol. The fourth-order valence-corrected chi connectivity index (χ4v) is 1.89. The summed E-state index contributed by atoms with van der Waals surface area (Å²) in [4.78, 5) is 11.1. The molecule has 1 aliphatic rings. The van der Waals surface area contributed by atoms with Crippen LogP contribution in [0.4, 0.5) is 11.4 Å². The molecule has 0 saturated heterocycles. The fourth-order valence-electron chi connectivity index (χ4n) is 1.63. The van der Waals surface area contributed by atoms with Gasteiger partial charge in [0, 0.05) is 13.1 Å². The first kappa shape index (κ1) is 11.9. The summed E-state index contributed by atoms with van der Waals surface area (Å²) in [5.74, 6) is -0.522. The predicted octanol–water partition coefficient (Wildman–Crippen LogP) is 2.03. The van der Waals surface area contributed by atoms with Crippen molar-refractivity contribution < 1.29 is 14.6 Å². The Labute approximate surface area is 104 Å². The highest BCUT2D eigenvalue weighted by molar-refractivity contribution is 6.33. The van der Waals surface area contributed by atoms with Crippen molar-refractivity contribution in [1.29, 1.82) is 0 Å². The second kappa shape index (κ2) is 4.00. The number of aliphatic carboxylic acids is 1. The molecule has 0 bridgehead atoms. The Morgan fingerprint density at radius 3 is 2.94 bits per heavy atom. The molecule has 0 aliphatic carbocycles. The van der Waals surface area contributed by atoms with Crippen LogP contribution in [0.15, 0.2) is 12.1 Å². The van der Waals surface area contributed by atoms with Crippen molar-refractivity contribution >= 4 is 28.9 Å². The molecule has 1 unspecified atom stereocenters. The van der Waals surface area contributed by atoms with Crippen LogP contribution < -0.4 is 15.4 Å². The van der Waals surface area contributed by atoms with E-state index in [1.165, 1.54) is 6.92 Å². The summed E-state index contributed by atoms with van der Waals surface area (Å²) in [5, 5.41) is 15.6. The lowest BCUT2D eigenvalue weighted by Gasteiger charge is -2.33. The minimum absolute atomic E-state index is 0.199. The Balaban J connectivity index is 2.41. The van der Waals surface area contributed by atoms with Gasteiger partial charge >= 0.3 is 5.97 Å². The van der Waals surface area contributed by atoms with E-state index in [0.717, 1.165) is 0 Å². The van der Waals surface area contributed by atoms with Crippen LogP contribution in [0, 0.1) is 0 Å². The maximum absolute atomic E-state index is 11.1. The van der Waals surface area contributed by atoms with Gasteiger partial charge in [-0.3, -0.25) is 0 Å². The van der Waals surface area contributed by atoms with Crippen LogP contribution in [-0.4, -0.2) is 30.3 Å². The summed E-state index contributed by atoms with van der Waals surface area (Å²) in [5.41, 5.74) is 0.140. The van der Waals surface area contributed by atoms with E-state index in [0.29, 0.717) is 22.1 Å². The minimum atomic E-state index is -1.26. The van der Waals surface area contributed by atoms with Crippen molar-refractivity contribution in [3.8, 4) is 5.75 Å². The van der Waals surface area contributed by atoms with E-state index in [1.54, 1.807) is 19.2 Å². The third kappa shape index (κ3) is 1.98. The number of carboxylic acids is 1. The van der Waals surface area contributed by atoms with E-state index in [9.17, 15) is 4.79 Å². The highest BCUT2D eigenvalue weighted by Gasteiger charge is 2.39. The van der Waals surface area contributed by atoms with Crippen molar-refractivity contribution in [3.05, 3.63) is 17.2 Å². The monoisotopic (exact) mass is 256 g/mol. The Morgan fingerprint density at radius 2 is 2.35 bits per heavy atom. The SMILES string of the molecule is CNc1cc2c(cc1Cl)NCC(C)(C(=O)O)O2. The summed E-state index contributed by atoms with van der Waals surface area (Å²) < 4.78 is 5.52. The summed E-state index contributed by atoms with van der Waals surface area (Å²) in [6.07, 6.45) is 0. The minimum Gasteiger partial charge on any atom is -0.478 e. The first-order valence-electron chi connectivity index (χ1n) is 5.14. The lowest BCUT2D eigenvalue weighted by Crippen LogP contribution is -2.49. The van der Waals surface area contributed by atoms with Crippen molar-refractivity contribution in [3.63, 3.8) is 0 Å². The van der Waals surface area contributed by atoms with Gasteiger partial charge in [0.15, 0.2) is 0 Å². The number of halogens is 1. The maximum Gasteiger partial charge on any atom is 0.349 e. The van der Waals surface area contributed by atoms with Crippen LogP contribution in [0.3, 0.4) is 0 Å². The van der Waals surface area contributed by atoms with Gasteiger partial charge in [-0.25, -0.2) is 4.79 Å². The standard InChI is InChI=1S/C11H13ClN2O3/c1-11(10(15)16)5-14-8-3-6(12)7(13-2)4-9(8)17-11/h3-4,13-14H,5H2,1-2H3,(H,15,16). The van der Waals surface area contributed by atoms with Crippen LogP contribution in [-0.2, 0) is 4.79 Å². The van der Waals surface area contributed by atoms with Crippen LogP contribution in [0.25, 0.3) is 0 Å². The molecule has 1 aromatic rings. The van der Waals surface area contributed by atoms with Crippen LogP contribution >= 0.6 is 11.6 Å². The number of carbonyl (C=O) groups is 1. The average molecular weight is 257 g/mol. The second-order valence-corrected chi connectivity index (χ2v) is 4.48. The predicted molar refractivity (Wildman–Crippen MR) is 66.2 cm³/mol. The smallest absolute Gasteiger partial charge is 0.349 e. The second-order valence-electron chi connectivity index (χ2n) is 4.07. The van der Waals surface area contributed by atoms with Gasteiger partial charge in [-0.1, -0.05) is 11.6 Å².